The lowest BCUT2D eigenvalue weighted by atomic mass is 10.1. The number of thiophene rings is 1. The number of hydrogen-bond donors (Lipinski definition) is 3. The van der Waals surface area contributed by atoms with E-state index < -0.39 is 0 Å². The molecule has 3 N–H and O–H groups in total. The Kier molecular flexibility index (Phi) is 5.71. The van der Waals surface area contributed by atoms with Gasteiger partial charge in [0.2, 0.25) is 5.56 Å². The second-order valence-corrected chi connectivity index (χ2v) is 5.70. The van der Waals surface area contributed by atoms with Crippen LogP contribution in [0.2, 0.25) is 0 Å². The van der Waals surface area contributed by atoms with Crippen LogP contribution in [0.15, 0.2) is 40.6 Å². The molecule has 21 heavy (non-hydrogen) atoms. The minimum atomic E-state index is -0.0932. The van der Waals surface area contributed by atoms with Crippen molar-refractivity contribution in [2.75, 3.05) is 13.1 Å². The topological polar surface area (TPSA) is 74.0 Å². The van der Waals surface area contributed by atoms with Crippen LogP contribution in [0.25, 0.3) is 0 Å². The molecule has 0 spiro atoms. The molecule has 6 heteroatoms. The van der Waals surface area contributed by atoms with Crippen molar-refractivity contribution in [1.82, 2.24) is 15.6 Å². The number of nitrogens with one attached hydrogen (secondary N) is 3. The van der Waals surface area contributed by atoms with Crippen molar-refractivity contribution in [3.63, 3.8) is 0 Å². The molecule has 0 aromatic carbocycles. The van der Waals surface area contributed by atoms with Crippen LogP contribution in [0.5, 0.6) is 0 Å². The fourth-order valence-corrected chi connectivity index (χ4v) is 2.59. The van der Waals surface area contributed by atoms with E-state index in [4.69, 9.17) is 0 Å². The molecule has 2 rings (SSSR count). The zero-order valence-corrected chi connectivity index (χ0v) is 12.7. The van der Waals surface area contributed by atoms with Crippen LogP contribution < -0.4 is 16.2 Å². The Hall–Kier alpha value is -1.92. The predicted molar refractivity (Wildman–Crippen MR) is 84.7 cm³/mol. The zero-order chi connectivity index (χ0) is 15.1. The normalized spacial score (nSPS) is 12.0. The molecule has 0 bridgehead atoms. The van der Waals surface area contributed by atoms with Crippen LogP contribution in [0.4, 0.5) is 0 Å². The smallest absolute Gasteiger partial charge is 0.261 e. The van der Waals surface area contributed by atoms with E-state index in [0.29, 0.717) is 6.54 Å². The first-order chi connectivity index (χ1) is 10.2. The van der Waals surface area contributed by atoms with E-state index in [1.807, 2.05) is 30.5 Å². The first kappa shape index (κ1) is 15.5. The molecule has 0 radical (unpaired) electrons. The summed E-state index contributed by atoms with van der Waals surface area (Å²) >= 11 is 1.44. The molecule has 2 aromatic rings. The van der Waals surface area contributed by atoms with Gasteiger partial charge in [-0.3, -0.25) is 9.59 Å². The van der Waals surface area contributed by atoms with Gasteiger partial charge in [-0.05, 0) is 43.0 Å². The van der Waals surface area contributed by atoms with Gasteiger partial charge in [0.15, 0.2) is 0 Å². The van der Waals surface area contributed by atoms with E-state index in [-0.39, 0.29) is 17.5 Å². The summed E-state index contributed by atoms with van der Waals surface area (Å²) in [4.78, 5) is 26.3. The Morgan fingerprint density at radius 1 is 1.38 bits per heavy atom. The zero-order valence-electron chi connectivity index (χ0n) is 11.9. The molecule has 0 aliphatic carbocycles. The summed E-state index contributed by atoms with van der Waals surface area (Å²) in [5.41, 5.74) is 0.866. The third kappa shape index (κ3) is 4.84. The maximum atomic E-state index is 11.7. The van der Waals surface area contributed by atoms with Crippen LogP contribution in [0, 0.1) is 0 Å². The first-order valence-corrected chi connectivity index (χ1v) is 7.78. The highest BCUT2D eigenvalue weighted by Gasteiger charge is 2.06. The largest absolute Gasteiger partial charge is 0.351 e. The molecular formula is C15H19N3O2S. The van der Waals surface area contributed by atoms with Crippen molar-refractivity contribution in [2.45, 2.75) is 19.4 Å². The quantitative estimate of drug-likeness (QED) is 0.684. The van der Waals surface area contributed by atoms with Crippen molar-refractivity contribution in [2.24, 2.45) is 0 Å². The minimum absolute atomic E-state index is 0.0207. The Bertz CT molecular complexity index is 622. The van der Waals surface area contributed by atoms with Crippen LogP contribution in [0.1, 0.15) is 34.6 Å². The molecule has 1 amide bonds. The molecule has 1 atom stereocenters. The Balaban J connectivity index is 1.66. The molecular weight excluding hydrogens is 286 g/mol. The number of pyridine rings is 1. The van der Waals surface area contributed by atoms with E-state index in [2.05, 4.69) is 15.6 Å². The van der Waals surface area contributed by atoms with Crippen molar-refractivity contribution >= 4 is 17.2 Å². The molecule has 1 unspecified atom stereocenters. The van der Waals surface area contributed by atoms with E-state index in [0.717, 1.165) is 23.4 Å². The van der Waals surface area contributed by atoms with Gasteiger partial charge < -0.3 is 15.6 Å². The van der Waals surface area contributed by atoms with E-state index in [1.165, 1.54) is 11.3 Å². The van der Waals surface area contributed by atoms with Gasteiger partial charge in [0.1, 0.15) is 0 Å². The minimum Gasteiger partial charge on any atom is -0.351 e. The summed E-state index contributed by atoms with van der Waals surface area (Å²) in [7, 11) is 0. The third-order valence-corrected chi connectivity index (χ3v) is 4.00. The molecule has 0 saturated carbocycles. The average molecular weight is 305 g/mol. The molecule has 2 heterocycles. The van der Waals surface area contributed by atoms with Crippen LogP contribution >= 0.6 is 11.3 Å². The monoisotopic (exact) mass is 305 g/mol. The van der Waals surface area contributed by atoms with Gasteiger partial charge in [-0.2, -0.15) is 0 Å². The Morgan fingerprint density at radius 3 is 2.95 bits per heavy atom. The second kappa shape index (κ2) is 7.75. The van der Waals surface area contributed by atoms with Crippen molar-refractivity contribution in [1.29, 1.82) is 0 Å². The summed E-state index contributed by atoms with van der Waals surface area (Å²) in [6.45, 7) is 3.42. The fraction of sp³-hybridized carbons (Fsp3) is 0.333. The molecule has 0 saturated heterocycles. The maximum Gasteiger partial charge on any atom is 0.261 e. The summed E-state index contributed by atoms with van der Waals surface area (Å²) in [6.07, 6.45) is 2.49. The van der Waals surface area contributed by atoms with Crippen molar-refractivity contribution < 1.29 is 4.79 Å². The summed E-state index contributed by atoms with van der Waals surface area (Å²) in [6, 6.07) is 7.27. The highest BCUT2D eigenvalue weighted by atomic mass is 32.1. The summed E-state index contributed by atoms with van der Waals surface area (Å²) in [5.74, 6) is -0.0207. The van der Waals surface area contributed by atoms with E-state index >= 15 is 0 Å². The van der Waals surface area contributed by atoms with Crippen molar-refractivity contribution in [3.8, 4) is 0 Å². The number of H-pyrrole nitrogens is 1. The number of amides is 1. The summed E-state index contributed by atoms with van der Waals surface area (Å²) in [5, 5.41) is 8.11. The van der Waals surface area contributed by atoms with Gasteiger partial charge >= 0.3 is 0 Å². The lowest BCUT2D eigenvalue weighted by Crippen LogP contribution is -2.28. The van der Waals surface area contributed by atoms with Crippen LogP contribution in [0.3, 0.4) is 0 Å². The van der Waals surface area contributed by atoms with Gasteiger partial charge in [-0.25, -0.2) is 0 Å². The highest BCUT2D eigenvalue weighted by molar-refractivity contribution is 7.12. The number of hydrogen-bond acceptors (Lipinski definition) is 4. The standard InChI is InChI=1S/C15H19N3O2S/c1-11(12-5-8-17-14(19)10-12)16-6-3-7-18-15(20)13-4-2-9-21-13/h2,4-5,8-11,16H,3,6-7H2,1H3,(H,17,19)(H,18,20). The maximum absolute atomic E-state index is 11.7. The van der Waals surface area contributed by atoms with E-state index in [1.54, 1.807) is 12.3 Å². The van der Waals surface area contributed by atoms with Gasteiger partial charge in [0.25, 0.3) is 5.91 Å². The lowest BCUT2D eigenvalue weighted by molar-refractivity contribution is 0.0957. The van der Waals surface area contributed by atoms with Gasteiger partial charge in [-0.15, -0.1) is 11.3 Å². The number of carbonyl (C=O) groups excluding carboxylic acids is 1. The molecule has 0 fully saturated rings. The fourth-order valence-electron chi connectivity index (χ4n) is 1.95. The number of carbonyl (C=O) groups is 1. The Labute approximate surface area is 127 Å². The van der Waals surface area contributed by atoms with Gasteiger partial charge in [0.05, 0.1) is 4.88 Å². The van der Waals surface area contributed by atoms with E-state index in [9.17, 15) is 9.59 Å². The number of rotatable bonds is 7. The number of aromatic amines is 1. The molecule has 0 aliphatic rings. The SMILES string of the molecule is CC(NCCCNC(=O)c1cccs1)c1cc[nH]c(=O)c1. The number of aromatic nitrogens is 1. The average Bonchev–Trinajstić information content (AvgIpc) is 3.00. The van der Waals surface area contributed by atoms with Gasteiger partial charge in [-0.1, -0.05) is 6.07 Å². The molecule has 2 aromatic heterocycles. The first-order valence-electron chi connectivity index (χ1n) is 6.90. The van der Waals surface area contributed by atoms with Gasteiger partial charge in [0, 0.05) is 24.8 Å². The molecule has 112 valence electrons. The lowest BCUT2D eigenvalue weighted by Gasteiger charge is -2.13. The second-order valence-electron chi connectivity index (χ2n) is 4.75. The molecule has 0 aliphatic heterocycles. The predicted octanol–water partition coefficient (Wildman–Crippen LogP) is 1.91. The summed E-state index contributed by atoms with van der Waals surface area (Å²) < 4.78 is 0. The Morgan fingerprint density at radius 2 is 2.24 bits per heavy atom. The molecule has 5 nitrogen and oxygen atoms in total. The highest BCUT2D eigenvalue weighted by Crippen LogP contribution is 2.09. The third-order valence-electron chi connectivity index (χ3n) is 3.13. The van der Waals surface area contributed by atoms with Crippen LogP contribution in [-0.4, -0.2) is 24.0 Å². The van der Waals surface area contributed by atoms with Crippen molar-refractivity contribution in [3.05, 3.63) is 56.6 Å². The van der Waals surface area contributed by atoms with Crippen LogP contribution in [-0.2, 0) is 0 Å².